The van der Waals surface area contributed by atoms with Crippen LogP contribution in [0.25, 0.3) is 0 Å². The Balaban J connectivity index is 1.81. The molecule has 1 N–H and O–H groups in total. The Morgan fingerprint density at radius 3 is 2.65 bits per heavy atom. The number of para-hydroxylation sites is 1. The van der Waals surface area contributed by atoms with Crippen LogP contribution < -0.4 is 10.2 Å². The highest BCUT2D eigenvalue weighted by Crippen LogP contribution is 2.31. The summed E-state index contributed by atoms with van der Waals surface area (Å²) >= 11 is 9.24. The number of ketones is 1. The van der Waals surface area contributed by atoms with Gasteiger partial charge in [0.15, 0.2) is 0 Å². The summed E-state index contributed by atoms with van der Waals surface area (Å²) in [6.45, 7) is -0.259. The first kappa shape index (κ1) is 15.7. The van der Waals surface area contributed by atoms with E-state index < -0.39 is 17.6 Å². The van der Waals surface area contributed by atoms with Crippen LogP contribution in [0.15, 0.2) is 46.9 Å². The molecule has 1 aliphatic heterocycles. The van der Waals surface area contributed by atoms with E-state index >= 15 is 0 Å². The molecule has 7 heteroatoms. The number of fused-ring (bicyclic) bond motifs is 1. The van der Waals surface area contributed by atoms with E-state index in [-0.39, 0.29) is 12.1 Å². The van der Waals surface area contributed by atoms with Gasteiger partial charge in [-0.1, -0.05) is 39.7 Å². The Hall–Kier alpha value is -2.18. The Morgan fingerprint density at radius 1 is 1.17 bits per heavy atom. The highest BCUT2D eigenvalue weighted by Gasteiger charge is 2.36. The second-order valence-corrected chi connectivity index (χ2v) is 6.23. The minimum Gasteiger partial charge on any atom is -0.323 e. The molecule has 0 saturated heterocycles. The smallest absolute Gasteiger partial charge is 0.299 e. The molecule has 0 aliphatic carbocycles. The van der Waals surface area contributed by atoms with Crippen molar-refractivity contribution in [3.05, 3.63) is 57.5 Å². The van der Waals surface area contributed by atoms with E-state index in [0.717, 1.165) is 4.90 Å². The number of benzene rings is 2. The summed E-state index contributed by atoms with van der Waals surface area (Å²) in [6.07, 6.45) is 0. The summed E-state index contributed by atoms with van der Waals surface area (Å²) in [7, 11) is 0. The van der Waals surface area contributed by atoms with Gasteiger partial charge in [-0.2, -0.15) is 0 Å². The molecule has 0 spiro atoms. The van der Waals surface area contributed by atoms with Crippen LogP contribution in [0.3, 0.4) is 0 Å². The van der Waals surface area contributed by atoms with Crippen molar-refractivity contribution in [2.24, 2.45) is 0 Å². The molecule has 1 heterocycles. The first-order chi connectivity index (χ1) is 11.0. The van der Waals surface area contributed by atoms with Crippen LogP contribution in [0, 0.1) is 0 Å². The topological polar surface area (TPSA) is 66.5 Å². The number of rotatable bonds is 3. The highest BCUT2D eigenvalue weighted by molar-refractivity contribution is 9.10. The molecule has 0 aromatic heterocycles. The monoisotopic (exact) mass is 392 g/mol. The van der Waals surface area contributed by atoms with E-state index in [4.69, 9.17) is 11.6 Å². The molecule has 0 radical (unpaired) electrons. The van der Waals surface area contributed by atoms with Gasteiger partial charge in [0.25, 0.3) is 11.7 Å². The Morgan fingerprint density at radius 2 is 1.91 bits per heavy atom. The fourth-order valence-electron chi connectivity index (χ4n) is 2.33. The molecule has 0 atom stereocenters. The molecule has 23 heavy (non-hydrogen) atoms. The molecule has 2 amide bonds. The van der Waals surface area contributed by atoms with E-state index in [1.54, 1.807) is 42.5 Å². The highest BCUT2D eigenvalue weighted by atomic mass is 79.9. The second kappa shape index (κ2) is 6.14. The molecule has 0 unspecified atom stereocenters. The van der Waals surface area contributed by atoms with Crippen molar-refractivity contribution in [2.75, 3.05) is 16.8 Å². The first-order valence-corrected chi connectivity index (χ1v) is 7.84. The molecule has 1 aliphatic rings. The zero-order chi connectivity index (χ0) is 16.6. The Labute approximate surface area is 145 Å². The van der Waals surface area contributed by atoms with Crippen LogP contribution >= 0.6 is 27.5 Å². The van der Waals surface area contributed by atoms with Gasteiger partial charge in [0, 0.05) is 4.47 Å². The van der Waals surface area contributed by atoms with Gasteiger partial charge >= 0.3 is 0 Å². The summed E-state index contributed by atoms with van der Waals surface area (Å²) in [5.41, 5.74) is 1.17. The lowest BCUT2D eigenvalue weighted by atomic mass is 10.1. The Kier molecular flexibility index (Phi) is 4.19. The summed E-state index contributed by atoms with van der Waals surface area (Å²) in [5, 5.41) is 3.03. The molecule has 2 aromatic carbocycles. The average molecular weight is 394 g/mol. The van der Waals surface area contributed by atoms with E-state index in [0.29, 0.717) is 20.9 Å². The van der Waals surface area contributed by atoms with Crippen LogP contribution in [0.5, 0.6) is 0 Å². The van der Waals surface area contributed by atoms with Gasteiger partial charge < -0.3 is 5.32 Å². The predicted molar refractivity (Wildman–Crippen MR) is 90.9 cm³/mol. The maximum atomic E-state index is 12.2. The fourth-order valence-corrected chi connectivity index (χ4v) is 2.87. The van der Waals surface area contributed by atoms with Crippen LogP contribution in [0.4, 0.5) is 11.4 Å². The number of halogens is 2. The van der Waals surface area contributed by atoms with Crippen molar-refractivity contribution < 1.29 is 14.4 Å². The quantitative estimate of drug-likeness (QED) is 0.814. The lowest BCUT2D eigenvalue weighted by Gasteiger charge is -2.16. The SMILES string of the molecule is O=C(CN1C(=O)C(=O)c2cc(Br)ccc21)Nc1ccccc1Cl. The third-order valence-corrected chi connectivity index (χ3v) is 4.21. The maximum Gasteiger partial charge on any atom is 0.299 e. The normalized spacial score (nSPS) is 13.2. The number of nitrogens with zero attached hydrogens (tertiary/aromatic N) is 1. The zero-order valence-corrected chi connectivity index (χ0v) is 14.0. The van der Waals surface area contributed by atoms with Gasteiger partial charge in [0.1, 0.15) is 6.54 Å². The van der Waals surface area contributed by atoms with Gasteiger partial charge in [-0.05, 0) is 30.3 Å². The van der Waals surface area contributed by atoms with Crippen molar-refractivity contribution in [1.82, 2.24) is 0 Å². The van der Waals surface area contributed by atoms with E-state index in [1.165, 1.54) is 0 Å². The maximum absolute atomic E-state index is 12.2. The molecule has 0 saturated carbocycles. The first-order valence-electron chi connectivity index (χ1n) is 6.67. The van der Waals surface area contributed by atoms with Gasteiger partial charge in [-0.3, -0.25) is 19.3 Å². The largest absolute Gasteiger partial charge is 0.323 e. The number of anilines is 2. The third-order valence-electron chi connectivity index (χ3n) is 3.38. The summed E-state index contributed by atoms with van der Waals surface area (Å²) in [5.74, 6) is -1.77. The zero-order valence-electron chi connectivity index (χ0n) is 11.7. The molecule has 3 rings (SSSR count). The minimum atomic E-state index is -0.715. The van der Waals surface area contributed by atoms with Crippen molar-refractivity contribution in [3.63, 3.8) is 0 Å². The minimum absolute atomic E-state index is 0.259. The van der Waals surface area contributed by atoms with E-state index in [1.807, 2.05) is 0 Å². The number of carbonyl (C=O) groups excluding carboxylic acids is 3. The van der Waals surface area contributed by atoms with Gasteiger partial charge in [-0.25, -0.2) is 0 Å². The van der Waals surface area contributed by atoms with Crippen LogP contribution in [-0.4, -0.2) is 24.1 Å². The van der Waals surface area contributed by atoms with Crippen LogP contribution in [0.2, 0.25) is 5.02 Å². The van der Waals surface area contributed by atoms with Crippen molar-refractivity contribution in [2.45, 2.75) is 0 Å². The molecule has 0 fully saturated rings. The molecular weight excluding hydrogens is 384 g/mol. The van der Waals surface area contributed by atoms with Gasteiger partial charge in [-0.15, -0.1) is 0 Å². The van der Waals surface area contributed by atoms with E-state index in [9.17, 15) is 14.4 Å². The van der Waals surface area contributed by atoms with Crippen molar-refractivity contribution in [3.8, 4) is 0 Å². The summed E-state index contributed by atoms with van der Waals surface area (Å²) in [4.78, 5) is 37.4. The predicted octanol–water partition coefficient (Wildman–Crippen LogP) is 3.27. The lowest BCUT2D eigenvalue weighted by molar-refractivity contribution is -0.118. The summed E-state index contributed by atoms with van der Waals surface area (Å²) < 4.78 is 0.694. The third kappa shape index (κ3) is 3.00. The second-order valence-electron chi connectivity index (χ2n) is 4.91. The van der Waals surface area contributed by atoms with Crippen LogP contribution in [-0.2, 0) is 9.59 Å². The number of carbonyl (C=O) groups is 3. The number of hydrogen-bond donors (Lipinski definition) is 1. The molecule has 116 valence electrons. The van der Waals surface area contributed by atoms with Crippen molar-refractivity contribution >= 4 is 56.5 Å². The summed E-state index contributed by atoms with van der Waals surface area (Å²) in [6, 6.07) is 11.7. The number of hydrogen-bond acceptors (Lipinski definition) is 3. The number of amides is 2. The Bertz CT molecular complexity index is 838. The van der Waals surface area contributed by atoms with Crippen molar-refractivity contribution in [1.29, 1.82) is 0 Å². The van der Waals surface area contributed by atoms with E-state index in [2.05, 4.69) is 21.2 Å². The standard InChI is InChI=1S/C16H10BrClN2O3/c17-9-5-6-13-10(7-9)15(22)16(23)20(13)8-14(21)19-12-4-2-1-3-11(12)18/h1-7H,8H2,(H,19,21). The fraction of sp³-hybridized carbons (Fsp3) is 0.0625. The number of nitrogens with one attached hydrogen (secondary N) is 1. The lowest BCUT2D eigenvalue weighted by Crippen LogP contribution is -2.37. The van der Waals surface area contributed by atoms with Gasteiger partial charge in [0.2, 0.25) is 5.91 Å². The molecular formula is C16H10BrClN2O3. The molecule has 5 nitrogen and oxygen atoms in total. The molecule has 2 aromatic rings. The molecule has 0 bridgehead atoms. The number of Topliss-reactive ketones (excluding diaryl/α,β-unsaturated/α-hetero) is 1. The van der Waals surface area contributed by atoms with Crippen LogP contribution in [0.1, 0.15) is 10.4 Å². The van der Waals surface area contributed by atoms with Gasteiger partial charge in [0.05, 0.1) is 22.0 Å². The average Bonchev–Trinajstić information content (AvgIpc) is 2.74.